The molecule has 6 nitrogen and oxygen atoms in total. The summed E-state index contributed by atoms with van der Waals surface area (Å²) in [6.45, 7) is 1.97. The molecule has 0 heterocycles. The van der Waals surface area contributed by atoms with E-state index in [9.17, 15) is 4.79 Å². The van der Waals surface area contributed by atoms with Crippen LogP contribution in [0.4, 0.5) is 11.4 Å². The number of carbonyl (C=O) groups is 1. The SMILES string of the molecule is COc1cc(NCC(=O)Nc2ccc(Cl)cc2C)cc(OC)c1OC. The number of rotatable bonds is 7. The van der Waals surface area contributed by atoms with E-state index in [-0.39, 0.29) is 12.5 Å². The summed E-state index contributed by atoms with van der Waals surface area (Å²) in [7, 11) is 4.61. The fraction of sp³-hybridized carbons (Fsp3) is 0.278. The van der Waals surface area contributed by atoms with E-state index in [4.69, 9.17) is 25.8 Å². The van der Waals surface area contributed by atoms with Crippen LogP contribution in [-0.2, 0) is 4.79 Å². The Labute approximate surface area is 152 Å². The van der Waals surface area contributed by atoms with Crippen LogP contribution in [0.5, 0.6) is 17.2 Å². The molecule has 0 bridgehead atoms. The maximum atomic E-state index is 12.2. The van der Waals surface area contributed by atoms with Crippen LogP contribution in [0, 0.1) is 6.92 Å². The van der Waals surface area contributed by atoms with E-state index >= 15 is 0 Å². The van der Waals surface area contributed by atoms with Crippen molar-refractivity contribution in [1.29, 1.82) is 0 Å². The number of methoxy groups -OCH3 is 3. The molecule has 25 heavy (non-hydrogen) atoms. The fourth-order valence-corrected chi connectivity index (χ4v) is 2.55. The molecule has 2 aromatic rings. The standard InChI is InChI=1S/C18H21ClN2O4/c1-11-7-12(19)5-6-14(11)21-17(22)10-20-13-8-15(23-2)18(25-4)16(9-13)24-3/h5-9,20H,10H2,1-4H3,(H,21,22). The first-order valence-electron chi connectivity index (χ1n) is 7.58. The van der Waals surface area contributed by atoms with Crippen LogP contribution in [0.3, 0.4) is 0 Å². The molecule has 0 aliphatic heterocycles. The largest absolute Gasteiger partial charge is 0.493 e. The minimum Gasteiger partial charge on any atom is -0.493 e. The van der Waals surface area contributed by atoms with Gasteiger partial charge in [0.2, 0.25) is 11.7 Å². The number of aryl methyl sites for hydroxylation is 1. The summed E-state index contributed by atoms with van der Waals surface area (Å²) in [6.07, 6.45) is 0. The lowest BCUT2D eigenvalue weighted by molar-refractivity contribution is -0.114. The molecule has 7 heteroatoms. The number of benzene rings is 2. The average Bonchev–Trinajstić information content (AvgIpc) is 2.61. The molecule has 0 aliphatic rings. The van der Waals surface area contributed by atoms with E-state index < -0.39 is 0 Å². The Bertz CT molecular complexity index is 740. The lowest BCUT2D eigenvalue weighted by atomic mass is 10.2. The first kappa shape index (κ1) is 18.7. The predicted molar refractivity (Wildman–Crippen MR) is 99.4 cm³/mol. The predicted octanol–water partition coefficient (Wildman–Crippen LogP) is 3.72. The van der Waals surface area contributed by atoms with Gasteiger partial charge in [-0.1, -0.05) is 11.6 Å². The molecule has 0 spiro atoms. The van der Waals surface area contributed by atoms with Crippen molar-refractivity contribution < 1.29 is 19.0 Å². The highest BCUT2D eigenvalue weighted by molar-refractivity contribution is 6.30. The molecule has 0 aromatic heterocycles. The third-order valence-electron chi connectivity index (χ3n) is 3.58. The lowest BCUT2D eigenvalue weighted by Crippen LogP contribution is -2.22. The van der Waals surface area contributed by atoms with Gasteiger partial charge in [-0.2, -0.15) is 0 Å². The van der Waals surface area contributed by atoms with Gasteiger partial charge in [0, 0.05) is 28.5 Å². The van der Waals surface area contributed by atoms with E-state index in [1.165, 1.54) is 21.3 Å². The third kappa shape index (κ3) is 4.70. The summed E-state index contributed by atoms with van der Waals surface area (Å²) in [4.78, 5) is 12.2. The second-order valence-electron chi connectivity index (χ2n) is 5.27. The summed E-state index contributed by atoms with van der Waals surface area (Å²) in [5.74, 6) is 1.34. The van der Waals surface area contributed by atoms with E-state index in [0.717, 1.165) is 11.3 Å². The van der Waals surface area contributed by atoms with Crippen LogP contribution in [0.15, 0.2) is 30.3 Å². The van der Waals surface area contributed by atoms with Crippen LogP contribution in [0.2, 0.25) is 5.02 Å². The van der Waals surface area contributed by atoms with E-state index in [0.29, 0.717) is 28.0 Å². The van der Waals surface area contributed by atoms with Crippen LogP contribution in [0.25, 0.3) is 0 Å². The van der Waals surface area contributed by atoms with Crippen molar-refractivity contribution >= 4 is 28.9 Å². The summed E-state index contributed by atoms with van der Waals surface area (Å²) in [5.41, 5.74) is 2.30. The van der Waals surface area contributed by atoms with Gasteiger partial charge < -0.3 is 24.8 Å². The van der Waals surface area contributed by atoms with Gasteiger partial charge in [0.05, 0.1) is 27.9 Å². The number of anilines is 2. The van der Waals surface area contributed by atoms with Crippen molar-refractivity contribution in [2.45, 2.75) is 6.92 Å². The second-order valence-corrected chi connectivity index (χ2v) is 5.71. The number of carbonyl (C=O) groups excluding carboxylic acids is 1. The average molecular weight is 365 g/mol. The summed E-state index contributed by atoms with van der Waals surface area (Å²) >= 11 is 5.92. The molecule has 2 N–H and O–H groups in total. The van der Waals surface area contributed by atoms with Gasteiger partial charge in [-0.15, -0.1) is 0 Å². The van der Waals surface area contributed by atoms with Crippen LogP contribution >= 0.6 is 11.6 Å². The number of nitrogens with one attached hydrogen (secondary N) is 2. The highest BCUT2D eigenvalue weighted by Gasteiger charge is 2.13. The van der Waals surface area contributed by atoms with Crippen LogP contribution in [-0.4, -0.2) is 33.8 Å². The molecular formula is C18H21ClN2O4. The molecule has 0 radical (unpaired) electrons. The van der Waals surface area contributed by atoms with Crippen molar-refractivity contribution in [3.05, 3.63) is 40.9 Å². The summed E-state index contributed by atoms with van der Waals surface area (Å²) in [6, 6.07) is 8.78. The van der Waals surface area contributed by atoms with Crippen molar-refractivity contribution in [2.75, 3.05) is 38.5 Å². The number of halogens is 1. The number of amides is 1. The number of ether oxygens (including phenoxy) is 3. The molecule has 0 saturated heterocycles. The summed E-state index contributed by atoms with van der Waals surface area (Å²) < 4.78 is 15.9. The zero-order valence-electron chi connectivity index (χ0n) is 14.6. The number of hydrogen-bond donors (Lipinski definition) is 2. The Morgan fingerprint density at radius 2 is 1.68 bits per heavy atom. The molecule has 134 valence electrons. The quantitative estimate of drug-likeness (QED) is 0.783. The topological polar surface area (TPSA) is 68.8 Å². The molecule has 1 amide bonds. The highest BCUT2D eigenvalue weighted by Crippen LogP contribution is 2.39. The van der Waals surface area contributed by atoms with Gasteiger partial charge in [-0.05, 0) is 30.7 Å². The lowest BCUT2D eigenvalue weighted by Gasteiger charge is -2.15. The van der Waals surface area contributed by atoms with Crippen molar-refractivity contribution in [1.82, 2.24) is 0 Å². The molecule has 0 fully saturated rings. The molecule has 2 rings (SSSR count). The van der Waals surface area contributed by atoms with Gasteiger partial charge in [0.1, 0.15) is 0 Å². The first-order chi connectivity index (χ1) is 12.0. The van der Waals surface area contributed by atoms with Crippen molar-refractivity contribution in [3.63, 3.8) is 0 Å². The maximum absolute atomic E-state index is 12.2. The minimum atomic E-state index is -0.181. The number of hydrogen-bond acceptors (Lipinski definition) is 5. The van der Waals surface area contributed by atoms with Gasteiger partial charge in [-0.25, -0.2) is 0 Å². The Balaban J connectivity index is 2.06. The minimum absolute atomic E-state index is 0.0840. The van der Waals surface area contributed by atoms with Gasteiger partial charge >= 0.3 is 0 Å². The summed E-state index contributed by atoms with van der Waals surface area (Å²) in [5, 5.41) is 6.51. The van der Waals surface area contributed by atoms with E-state index in [2.05, 4.69) is 10.6 Å². The van der Waals surface area contributed by atoms with Gasteiger partial charge in [-0.3, -0.25) is 4.79 Å². The maximum Gasteiger partial charge on any atom is 0.243 e. The third-order valence-corrected chi connectivity index (χ3v) is 3.82. The normalized spacial score (nSPS) is 10.1. The monoisotopic (exact) mass is 364 g/mol. The van der Waals surface area contributed by atoms with Crippen LogP contribution < -0.4 is 24.8 Å². The molecule has 0 aliphatic carbocycles. The van der Waals surface area contributed by atoms with Gasteiger partial charge in [0.25, 0.3) is 0 Å². The zero-order chi connectivity index (χ0) is 18.4. The zero-order valence-corrected chi connectivity index (χ0v) is 15.4. The Hall–Kier alpha value is -2.60. The van der Waals surface area contributed by atoms with Crippen LogP contribution in [0.1, 0.15) is 5.56 Å². The molecular weight excluding hydrogens is 344 g/mol. The Morgan fingerprint density at radius 3 is 2.20 bits per heavy atom. The van der Waals surface area contributed by atoms with Crippen molar-refractivity contribution in [2.24, 2.45) is 0 Å². The fourth-order valence-electron chi connectivity index (χ4n) is 2.33. The second kappa shape index (κ2) is 8.48. The van der Waals surface area contributed by atoms with Crippen molar-refractivity contribution in [3.8, 4) is 17.2 Å². The Kier molecular flexibility index (Phi) is 6.36. The highest BCUT2D eigenvalue weighted by atomic mass is 35.5. The molecule has 0 unspecified atom stereocenters. The molecule has 0 atom stereocenters. The smallest absolute Gasteiger partial charge is 0.243 e. The molecule has 2 aromatic carbocycles. The first-order valence-corrected chi connectivity index (χ1v) is 7.96. The van der Waals surface area contributed by atoms with E-state index in [1.807, 2.05) is 6.92 Å². The Morgan fingerprint density at radius 1 is 1.04 bits per heavy atom. The van der Waals surface area contributed by atoms with E-state index in [1.54, 1.807) is 30.3 Å². The molecule has 0 saturated carbocycles. The van der Waals surface area contributed by atoms with Gasteiger partial charge in [0.15, 0.2) is 11.5 Å².